The zero-order chi connectivity index (χ0) is 14.1. The molecule has 20 heavy (non-hydrogen) atoms. The number of carbonyl (C=O) groups excluding carboxylic acids is 1. The molecule has 0 fully saturated rings. The van der Waals surface area contributed by atoms with Crippen LogP contribution in [0.3, 0.4) is 0 Å². The number of benzene rings is 1. The highest BCUT2D eigenvalue weighted by Gasteiger charge is 2.28. The molecule has 6 heteroatoms. The van der Waals surface area contributed by atoms with Crippen LogP contribution in [0.25, 0.3) is 0 Å². The predicted molar refractivity (Wildman–Crippen MR) is 79.7 cm³/mol. The van der Waals surface area contributed by atoms with E-state index in [1.165, 1.54) is 34.7 Å². The number of hydrogen-bond donors (Lipinski definition) is 2. The van der Waals surface area contributed by atoms with Crippen LogP contribution in [0, 0.1) is 0 Å². The standard InChI is InChI=1S/C14H11NO3S2/c16-12(15-13-9(14(17)18)5-6-19-13)11-7-8-3-1-2-4-10(8)20-11/h1-6,11H,7H2,(H,15,16)(H,17,18). The van der Waals surface area contributed by atoms with Gasteiger partial charge in [-0.3, -0.25) is 4.79 Å². The van der Waals surface area contributed by atoms with Crippen LogP contribution in [0.2, 0.25) is 0 Å². The summed E-state index contributed by atoms with van der Waals surface area (Å²) in [6.07, 6.45) is 0.681. The summed E-state index contributed by atoms with van der Waals surface area (Å²) in [5, 5.41) is 13.6. The van der Waals surface area contributed by atoms with Crippen LogP contribution < -0.4 is 5.32 Å². The van der Waals surface area contributed by atoms with E-state index < -0.39 is 5.97 Å². The Kier molecular flexibility index (Phi) is 3.50. The lowest BCUT2D eigenvalue weighted by Crippen LogP contribution is -2.24. The van der Waals surface area contributed by atoms with Crippen LogP contribution in [-0.2, 0) is 11.2 Å². The van der Waals surface area contributed by atoms with Crippen molar-refractivity contribution in [3.05, 3.63) is 46.8 Å². The molecule has 0 aliphatic carbocycles. The lowest BCUT2D eigenvalue weighted by atomic mass is 10.1. The summed E-state index contributed by atoms with van der Waals surface area (Å²) in [4.78, 5) is 24.4. The topological polar surface area (TPSA) is 66.4 Å². The van der Waals surface area contributed by atoms with Crippen molar-refractivity contribution in [2.24, 2.45) is 0 Å². The Morgan fingerprint density at radius 1 is 1.25 bits per heavy atom. The van der Waals surface area contributed by atoms with Gasteiger partial charge in [-0.05, 0) is 29.5 Å². The first kappa shape index (κ1) is 13.2. The lowest BCUT2D eigenvalue weighted by molar-refractivity contribution is -0.115. The van der Waals surface area contributed by atoms with Crippen LogP contribution in [0.15, 0.2) is 40.6 Å². The van der Waals surface area contributed by atoms with Crippen LogP contribution >= 0.6 is 23.1 Å². The summed E-state index contributed by atoms with van der Waals surface area (Å²) in [6.45, 7) is 0. The lowest BCUT2D eigenvalue weighted by Gasteiger charge is -2.09. The van der Waals surface area contributed by atoms with E-state index in [-0.39, 0.29) is 16.7 Å². The Balaban J connectivity index is 1.73. The number of aromatic carboxylic acids is 1. The molecule has 1 aromatic heterocycles. The van der Waals surface area contributed by atoms with Crippen molar-refractivity contribution in [1.29, 1.82) is 0 Å². The monoisotopic (exact) mass is 305 g/mol. The van der Waals surface area contributed by atoms with Gasteiger partial charge in [0.25, 0.3) is 0 Å². The Morgan fingerprint density at radius 2 is 2.05 bits per heavy atom. The van der Waals surface area contributed by atoms with Crippen molar-refractivity contribution < 1.29 is 14.7 Å². The van der Waals surface area contributed by atoms with E-state index in [2.05, 4.69) is 5.32 Å². The van der Waals surface area contributed by atoms with Gasteiger partial charge in [-0.25, -0.2) is 4.79 Å². The van der Waals surface area contributed by atoms with Gasteiger partial charge < -0.3 is 10.4 Å². The number of carboxylic acids is 1. The third-order valence-corrected chi connectivity index (χ3v) is 5.22. The molecule has 1 aliphatic heterocycles. The number of thioether (sulfide) groups is 1. The fraction of sp³-hybridized carbons (Fsp3) is 0.143. The van der Waals surface area contributed by atoms with Gasteiger partial charge in [0.05, 0.1) is 10.8 Å². The maximum absolute atomic E-state index is 12.2. The normalized spacial score (nSPS) is 16.7. The molecule has 3 rings (SSSR count). The Morgan fingerprint density at radius 3 is 2.80 bits per heavy atom. The van der Waals surface area contributed by atoms with E-state index >= 15 is 0 Å². The van der Waals surface area contributed by atoms with Crippen molar-refractivity contribution in [3.8, 4) is 0 Å². The van der Waals surface area contributed by atoms with Gasteiger partial charge in [-0.1, -0.05) is 18.2 Å². The summed E-state index contributed by atoms with van der Waals surface area (Å²) < 4.78 is 0. The van der Waals surface area contributed by atoms with E-state index in [1.807, 2.05) is 24.3 Å². The summed E-state index contributed by atoms with van der Waals surface area (Å²) in [7, 11) is 0. The number of anilines is 1. The van der Waals surface area contributed by atoms with Gasteiger partial charge in [0.15, 0.2) is 0 Å². The van der Waals surface area contributed by atoms with Crippen molar-refractivity contribution in [2.75, 3.05) is 5.32 Å². The van der Waals surface area contributed by atoms with Crippen molar-refractivity contribution in [3.63, 3.8) is 0 Å². The van der Waals surface area contributed by atoms with Gasteiger partial charge in [0, 0.05) is 4.90 Å². The summed E-state index contributed by atoms with van der Waals surface area (Å²) in [5.41, 5.74) is 1.31. The first-order chi connectivity index (χ1) is 9.65. The summed E-state index contributed by atoms with van der Waals surface area (Å²) in [5.74, 6) is -1.17. The van der Waals surface area contributed by atoms with Gasteiger partial charge in [-0.2, -0.15) is 0 Å². The van der Waals surface area contributed by atoms with Gasteiger partial charge in [-0.15, -0.1) is 23.1 Å². The molecule has 102 valence electrons. The number of carboxylic acid groups (broad SMARTS) is 1. The molecule has 4 nitrogen and oxygen atoms in total. The maximum atomic E-state index is 12.2. The molecule has 0 saturated heterocycles. The molecule has 0 spiro atoms. The predicted octanol–water partition coefficient (Wildman–Crippen LogP) is 3.10. The SMILES string of the molecule is O=C(O)c1ccsc1NC(=O)C1Cc2ccccc2S1. The second-order valence-corrected chi connectivity index (χ2v) is 6.54. The second-order valence-electron chi connectivity index (χ2n) is 4.38. The average Bonchev–Trinajstić information content (AvgIpc) is 3.03. The smallest absolute Gasteiger partial charge is 0.338 e. The molecule has 2 aromatic rings. The van der Waals surface area contributed by atoms with Crippen LogP contribution in [0.4, 0.5) is 5.00 Å². The van der Waals surface area contributed by atoms with E-state index in [1.54, 1.807) is 5.38 Å². The van der Waals surface area contributed by atoms with Crippen molar-refractivity contribution >= 4 is 40.0 Å². The highest BCUT2D eigenvalue weighted by atomic mass is 32.2. The number of amides is 1. The molecular formula is C14H11NO3S2. The molecule has 1 aliphatic rings. The second kappa shape index (κ2) is 5.30. The molecule has 1 unspecified atom stereocenters. The Labute approximate surface area is 123 Å². The molecule has 0 radical (unpaired) electrons. The minimum atomic E-state index is -1.02. The Bertz CT molecular complexity index is 656. The molecule has 0 bridgehead atoms. The Hall–Kier alpha value is -1.79. The van der Waals surface area contributed by atoms with Gasteiger partial charge in [0.1, 0.15) is 5.00 Å². The number of thiophene rings is 1. The minimum absolute atomic E-state index is 0.142. The molecule has 1 amide bonds. The minimum Gasteiger partial charge on any atom is -0.478 e. The first-order valence-corrected chi connectivity index (χ1v) is 7.77. The largest absolute Gasteiger partial charge is 0.478 e. The van der Waals surface area contributed by atoms with Crippen molar-refractivity contribution in [2.45, 2.75) is 16.6 Å². The summed E-state index contributed by atoms with van der Waals surface area (Å²) >= 11 is 2.75. The number of rotatable bonds is 3. The van der Waals surface area contributed by atoms with E-state index in [0.29, 0.717) is 11.4 Å². The average molecular weight is 305 g/mol. The number of carbonyl (C=O) groups is 2. The van der Waals surface area contributed by atoms with Gasteiger partial charge >= 0.3 is 5.97 Å². The van der Waals surface area contributed by atoms with E-state index in [9.17, 15) is 9.59 Å². The fourth-order valence-corrected chi connectivity index (χ4v) is 4.07. The fourth-order valence-electron chi connectivity index (χ4n) is 2.10. The van der Waals surface area contributed by atoms with Gasteiger partial charge in [0.2, 0.25) is 5.91 Å². The molecular weight excluding hydrogens is 294 g/mol. The van der Waals surface area contributed by atoms with Crippen LogP contribution in [0.1, 0.15) is 15.9 Å². The summed E-state index contributed by atoms with van der Waals surface area (Å²) in [6, 6.07) is 9.43. The zero-order valence-electron chi connectivity index (χ0n) is 10.3. The quantitative estimate of drug-likeness (QED) is 0.914. The highest BCUT2D eigenvalue weighted by molar-refractivity contribution is 8.01. The molecule has 2 N–H and O–H groups in total. The zero-order valence-corrected chi connectivity index (χ0v) is 12.0. The van der Waals surface area contributed by atoms with E-state index in [4.69, 9.17) is 5.11 Å². The molecule has 0 saturated carbocycles. The highest BCUT2D eigenvalue weighted by Crippen LogP contribution is 2.37. The molecule has 1 aromatic carbocycles. The third kappa shape index (κ3) is 2.44. The van der Waals surface area contributed by atoms with Crippen LogP contribution in [0.5, 0.6) is 0 Å². The van der Waals surface area contributed by atoms with E-state index in [0.717, 1.165) is 4.90 Å². The first-order valence-electron chi connectivity index (χ1n) is 6.01. The third-order valence-electron chi connectivity index (χ3n) is 3.07. The number of fused-ring (bicyclic) bond motifs is 1. The van der Waals surface area contributed by atoms with Crippen molar-refractivity contribution in [1.82, 2.24) is 0 Å². The number of nitrogens with one attached hydrogen (secondary N) is 1. The maximum Gasteiger partial charge on any atom is 0.338 e. The molecule has 1 atom stereocenters. The van der Waals surface area contributed by atoms with Crippen LogP contribution in [-0.4, -0.2) is 22.2 Å². The molecule has 2 heterocycles. The number of hydrogen-bond acceptors (Lipinski definition) is 4.